The Hall–Kier alpha value is -2.23. The molecule has 0 saturated heterocycles. The number of amides is 2. The van der Waals surface area contributed by atoms with Gasteiger partial charge in [0.25, 0.3) is 0 Å². The lowest BCUT2D eigenvalue weighted by Gasteiger charge is -2.34. The van der Waals surface area contributed by atoms with Gasteiger partial charge in [-0.05, 0) is 49.3 Å². The number of carbonyl (C=O) groups is 2. The van der Waals surface area contributed by atoms with Crippen LogP contribution >= 0.6 is 11.3 Å². The minimum absolute atomic E-state index is 0.102. The summed E-state index contributed by atoms with van der Waals surface area (Å²) in [5, 5.41) is 5.03. The molecule has 0 radical (unpaired) electrons. The molecule has 0 aliphatic heterocycles. The largest absolute Gasteiger partial charge is 0.352 e. The van der Waals surface area contributed by atoms with Crippen molar-refractivity contribution in [2.75, 3.05) is 6.54 Å². The van der Waals surface area contributed by atoms with Crippen molar-refractivity contribution in [2.45, 2.75) is 70.0 Å². The van der Waals surface area contributed by atoms with Crippen LogP contribution in [-0.2, 0) is 26.2 Å². The fourth-order valence-corrected chi connectivity index (χ4v) is 5.81. The van der Waals surface area contributed by atoms with E-state index < -0.39 is 28.5 Å². The number of rotatable bonds is 10. The molecule has 2 N–H and O–H groups in total. The highest BCUT2D eigenvalue weighted by Gasteiger charge is 2.34. The second kappa shape index (κ2) is 11.3. The van der Waals surface area contributed by atoms with Crippen LogP contribution < -0.4 is 10.0 Å². The van der Waals surface area contributed by atoms with E-state index in [0.29, 0.717) is 0 Å². The molecule has 1 saturated carbocycles. The number of sulfonamides is 1. The Balaban J connectivity index is 1.78. The van der Waals surface area contributed by atoms with E-state index in [4.69, 9.17) is 0 Å². The van der Waals surface area contributed by atoms with Gasteiger partial charge in [-0.15, -0.1) is 11.3 Å². The molecule has 1 atom stereocenters. The summed E-state index contributed by atoms with van der Waals surface area (Å²) in [6.45, 7) is 5.53. The molecule has 1 heterocycles. The molecule has 1 aromatic carbocycles. The number of thiophene rings is 1. The smallest absolute Gasteiger partial charge is 0.243 e. The molecule has 3 rings (SSSR count). The maximum Gasteiger partial charge on any atom is 0.243 e. The van der Waals surface area contributed by atoms with Crippen molar-refractivity contribution in [3.05, 3.63) is 52.2 Å². The summed E-state index contributed by atoms with van der Waals surface area (Å²) in [6.07, 6.45) is 4.09. The van der Waals surface area contributed by atoms with Gasteiger partial charge in [0.05, 0.1) is 18.0 Å². The Kier molecular flexibility index (Phi) is 8.67. The van der Waals surface area contributed by atoms with E-state index in [9.17, 15) is 18.0 Å². The first-order chi connectivity index (χ1) is 15.7. The molecule has 1 unspecified atom stereocenters. The van der Waals surface area contributed by atoms with E-state index in [1.807, 2.05) is 38.3 Å². The summed E-state index contributed by atoms with van der Waals surface area (Å²) in [5.41, 5.74) is 0.945. The molecule has 1 fully saturated rings. The van der Waals surface area contributed by atoms with Gasteiger partial charge in [-0.2, -0.15) is 0 Å². The standard InChI is InChI=1S/C24H33N3O4S2/c1-17(2)23(24(29)26-19-7-4-5-8-19)27(16-20-9-6-14-32-20)22(28)15-25-33(30,31)21-12-10-18(3)11-13-21/h6,9-14,17,19,23,25H,4-5,7-8,15-16H2,1-3H3,(H,26,29). The van der Waals surface area contributed by atoms with Crippen LogP contribution in [0.1, 0.15) is 50.0 Å². The maximum atomic E-state index is 13.3. The van der Waals surface area contributed by atoms with Crippen LogP contribution in [0.15, 0.2) is 46.7 Å². The molecule has 2 amide bonds. The number of nitrogens with zero attached hydrogens (tertiary/aromatic N) is 1. The Morgan fingerprint density at radius 3 is 2.36 bits per heavy atom. The van der Waals surface area contributed by atoms with Crippen LogP contribution in [-0.4, -0.2) is 43.8 Å². The predicted octanol–water partition coefficient (Wildman–Crippen LogP) is 3.45. The van der Waals surface area contributed by atoms with Gasteiger partial charge in [-0.1, -0.05) is 50.5 Å². The van der Waals surface area contributed by atoms with Gasteiger partial charge < -0.3 is 10.2 Å². The molecule has 0 bridgehead atoms. The van der Waals surface area contributed by atoms with E-state index in [-0.39, 0.29) is 29.3 Å². The van der Waals surface area contributed by atoms with E-state index in [0.717, 1.165) is 36.1 Å². The fourth-order valence-electron chi connectivity index (χ4n) is 4.13. The zero-order chi connectivity index (χ0) is 24.0. The summed E-state index contributed by atoms with van der Waals surface area (Å²) >= 11 is 1.50. The minimum atomic E-state index is -3.85. The van der Waals surface area contributed by atoms with Crippen LogP contribution in [0.4, 0.5) is 0 Å². The number of nitrogens with one attached hydrogen (secondary N) is 2. The zero-order valence-electron chi connectivity index (χ0n) is 19.4. The third-order valence-electron chi connectivity index (χ3n) is 5.91. The Morgan fingerprint density at radius 2 is 1.79 bits per heavy atom. The zero-order valence-corrected chi connectivity index (χ0v) is 21.0. The van der Waals surface area contributed by atoms with Crippen molar-refractivity contribution in [1.29, 1.82) is 0 Å². The van der Waals surface area contributed by atoms with Gasteiger partial charge in [0.1, 0.15) is 6.04 Å². The van der Waals surface area contributed by atoms with Crippen molar-refractivity contribution in [1.82, 2.24) is 14.9 Å². The van der Waals surface area contributed by atoms with E-state index in [1.54, 1.807) is 12.1 Å². The monoisotopic (exact) mass is 491 g/mol. The van der Waals surface area contributed by atoms with E-state index in [1.165, 1.54) is 28.4 Å². The lowest BCUT2D eigenvalue weighted by molar-refractivity contribution is -0.142. The van der Waals surface area contributed by atoms with E-state index >= 15 is 0 Å². The average molecular weight is 492 g/mol. The van der Waals surface area contributed by atoms with Crippen molar-refractivity contribution >= 4 is 33.2 Å². The molecule has 2 aromatic rings. The molecular weight excluding hydrogens is 458 g/mol. The summed E-state index contributed by atoms with van der Waals surface area (Å²) in [6, 6.07) is 9.69. The van der Waals surface area contributed by atoms with Crippen LogP contribution in [0.3, 0.4) is 0 Å². The molecule has 1 aliphatic rings. The van der Waals surface area contributed by atoms with Crippen molar-refractivity contribution < 1.29 is 18.0 Å². The van der Waals surface area contributed by atoms with Gasteiger partial charge in [0.2, 0.25) is 21.8 Å². The van der Waals surface area contributed by atoms with Gasteiger partial charge in [-0.3, -0.25) is 9.59 Å². The number of carbonyl (C=O) groups excluding carboxylic acids is 2. The third-order valence-corrected chi connectivity index (χ3v) is 8.19. The molecule has 180 valence electrons. The highest BCUT2D eigenvalue weighted by molar-refractivity contribution is 7.89. The molecular formula is C24H33N3O4S2. The van der Waals surface area contributed by atoms with Crippen LogP contribution in [0.25, 0.3) is 0 Å². The highest BCUT2D eigenvalue weighted by atomic mass is 32.2. The molecule has 33 heavy (non-hydrogen) atoms. The molecule has 0 spiro atoms. The number of hydrogen-bond acceptors (Lipinski definition) is 5. The first-order valence-corrected chi connectivity index (χ1v) is 13.7. The lowest BCUT2D eigenvalue weighted by Crippen LogP contribution is -2.55. The first kappa shape index (κ1) is 25.4. The average Bonchev–Trinajstić information content (AvgIpc) is 3.46. The summed E-state index contributed by atoms with van der Waals surface area (Å²) in [7, 11) is -3.85. The Labute approximate surface area is 200 Å². The Bertz CT molecular complexity index is 1030. The second-order valence-corrected chi connectivity index (χ2v) is 11.7. The van der Waals surface area contributed by atoms with Gasteiger partial charge >= 0.3 is 0 Å². The molecule has 1 aromatic heterocycles. The van der Waals surface area contributed by atoms with Gasteiger partial charge in [0, 0.05) is 10.9 Å². The first-order valence-electron chi connectivity index (χ1n) is 11.4. The van der Waals surface area contributed by atoms with Crippen molar-refractivity contribution in [3.63, 3.8) is 0 Å². The maximum absolute atomic E-state index is 13.3. The molecule has 9 heteroatoms. The lowest BCUT2D eigenvalue weighted by atomic mass is 10.0. The third kappa shape index (κ3) is 6.88. The highest BCUT2D eigenvalue weighted by Crippen LogP contribution is 2.22. The number of benzene rings is 1. The summed E-state index contributed by atoms with van der Waals surface area (Å²) in [4.78, 5) is 29.1. The van der Waals surface area contributed by atoms with Crippen LogP contribution in [0, 0.1) is 12.8 Å². The van der Waals surface area contributed by atoms with Gasteiger partial charge in [-0.25, -0.2) is 13.1 Å². The summed E-state index contributed by atoms with van der Waals surface area (Å²) < 4.78 is 27.8. The van der Waals surface area contributed by atoms with Crippen LogP contribution in [0.2, 0.25) is 0 Å². The summed E-state index contributed by atoms with van der Waals surface area (Å²) in [5.74, 6) is -0.744. The van der Waals surface area contributed by atoms with Gasteiger partial charge in [0.15, 0.2) is 0 Å². The molecule has 7 nitrogen and oxygen atoms in total. The van der Waals surface area contributed by atoms with Crippen molar-refractivity contribution in [3.8, 4) is 0 Å². The predicted molar refractivity (Wildman–Crippen MR) is 130 cm³/mol. The molecule has 1 aliphatic carbocycles. The van der Waals surface area contributed by atoms with Crippen molar-refractivity contribution in [2.24, 2.45) is 5.92 Å². The number of hydrogen-bond donors (Lipinski definition) is 2. The minimum Gasteiger partial charge on any atom is -0.352 e. The normalized spacial score (nSPS) is 15.5. The van der Waals surface area contributed by atoms with Crippen LogP contribution in [0.5, 0.6) is 0 Å². The Morgan fingerprint density at radius 1 is 1.12 bits per heavy atom. The van der Waals surface area contributed by atoms with E-state index in [2.05, 4.69) is 10.0 Å². The topological polar surface area (TPSA) is 95.6 Å². The second-order valence-electron chi connectivity index (χ2n) is 8.92. The SMILES string of the molecule is Cc1ccc(S(=O)(=O)NCC(=O)N(Cc2cccs2)C(C(=O)NC2CCCC2)C(C)C)cc1. The number of aryl methyl sites for hydroxylation is 1. The fraction of sp³-hybridized carbons (Fsp3) is 0.500. The quantitative estimate of drug-likeness (QED) is 0.532.